The SMILES string of the molecule is Cc1nc(CN(C)CCCCl)cs1. The molecule has 2 nitrogen and oxygen atoms in total. The van der Waals surface area contributed by atoms with Crippen LogP contribution in [-0.4, -0.2) is 29.4 Å². The van der Waals surface area contributed by atoms with Crippen LogP contribution in [0.4, 0.5) is 0 Å². The van der Waals surface area contributed by atoms with E-state index in [9.17, 15) is 0 Å². The molecule has 74 valence electrons. The Kier molecular flexibility index (Phi) is 4.70. The van der Waals surface area contributed by atoms with Gasteiger partial charge < -0.3 is 4.90 Å². The number of thiazole rings is 1. The topological polar surface area (TPSA) is 16.1 Å². The van der Waals surface area contributed by atoms with Gasteiger partial charge >= 0.3 is 0 Å². The van der Waals surface area contributed by atoms with E-state index >= 15 is 0 Å². The smallest absolute Gasteiger partial charge is 0.0897 e. The fraction of sp³-hybridized carbons (Fsp3) is 0.667. The van der Waals surface area contributed by atoms with Crippen LogP contribution in [0.2, 0.25) is 0 Å². The Balaban J connectivity index is 2.31. The molecule has 1 aromatic rings. The van der Waals surface area contributed by atoms with E-state index < -0.39 is 0 Å². The molecule has 1 rings (SSSR count). The first-order valence-electron chi connectivity index (χ1n) is 4.38. The number of aromatic nitrogens is 1. The second kappa shape index (κ2) is 5.58. The van der Waals surface area contributed by atoms with Crippen LogP contribution in [0.25, 0.3) is 0 Å². The van der Waals surface area contributed by atoms with Crippen molar-refractivity contribution in [3.05, 3.63) is 16.1 Å². The molecule has 0 radical (unpaired) electrons. The highest BCUT2D eigenvalue weighted by molar-refractivity contribution is 7.09. The molecule has 0 aromatic carbocycles. The van der Waals surface area contributed by atoms with Crippen molar-refractivity contribution >= 4 is 22.9 Å². The van der Waals surface area contributed by atoms with E-state index in [4.69, 9.17) is 11.6 Å². The van der Waals surface area contributed by atoms with Gasteiger partial charge in [0.05, 0.1) is 10.7 Å². The van der Waals surface area contributed by atoms with Crippen molar-refractivity contribution in [1.82, 2.24) is 9.88 Å². The molecule has 1 heterocycles. The average molecular weight is 219 g/mol. The van der Waals surface area contributed by atoms with Crippen molar-refractivity contribution in [1.29, 1.82) is 0 Å². The van der Waals surface area contributed by atoms with Gasteiger partial charge in [0.15, 0.2) is 0 Å². The van der Waals surface area contributed by atoms with Gasteiger partial charge in [0.2, 0.25) is 0 Å². The Bertz CT molecular complexity index is 250. The number of rotatable bonds is 5. The van der Waals surface area contributed by atoms with E-state index in [0.29, 0.717) is 0 Å². The van der Waals surface area contributed by atoms with Crippen molar-refractivity contribution < 1.29 is 0 Å². The minimum Gasteiger partial charge on any atom is -0.300 e. The number of hydrogen-bond acceptors (Lipinski definition) is 3. The summed E-state index contributed by atoms with van der Waals surface area (Å²) >= 11 is 7.32. The number of nitrogens with zero attached hydrogens (tertiary/aromatic N) is 2. The summed E-state index contributed by atoms with van der Waals surface area (Å²) in [5.41, 5.74) is 1.17. The summed E-state index contributed by atoms with van der Waals surface area (Å²) in [5, 5.41) is 3.26. The van der Waals surface area contributed by atoms with Crippen molar-refractivity contribution in [3.8, 4) is 0 Å². The summed E-state index contributed by atoms with van der Waals surface area (Å²) in [6.45, 7) is 4.01. The van der Waals surface area contributed by atoms with Gasteiger partial charge in [-0.1, -0.05) is 0 Å². The Morgan fingerprint density at radius 3 is 2.92 bits per heavy atom. The molecule has 0 N–H and O–H groups in total. The van der Waals surface area contributed by atoms with Gasteiger partial charge in [0.1, 0.15) is 0 Å². The monoisotopic (exact) mass is 218 g/mol. The lowest BCUT2D eigenvalue weighted by Gasteiger charge is -2.13. The van der Waals surface area contributed by atoms with Gasteiger partial charge in [-0.05, 0) is 26.9 Å². The number of hydrogen-bond donors (Lipinski definition) is 0. The maximum absolute atomic E-state index is 5.61. The van der Waals surface area contributed by atoms with Gasteiger partial charge in [-0.25, -0.2) is 4.98 Å². The zero-order chi connectivity index (χ0) is 9.68. The van der Waals surface area contributed by atoms with Crippen molar-refractivity contribution in [2.75, 3.05) is 19.5 Å². The van der Waals surface area contributed by atoms with Crippen molar-refractivity contribution in [2.45, 2.75) is 19.9 Å². The van der Waals surface area contributed by atoms with Crippen LogP contribution in [-0.2, 0) is 6.54 Å². The maximum atomic E-state index is 5.61. The molecule has 0 bridgehead atoms. The van der Waals surface area contributed by atoms with E-state index in [2.05, 4.69) is 22.3 Å². The highest BCUT2D eigenvalue weighted by Gasteiger charge is 2.02. The van der Waals surface area contributed by atoms with E-state index in [-0.39, 0.29) is 0 Å². The van der Waals surface area contributed by atoms with Gasteiger partial charge in [0, 0.05) is 17.8 Å². The standard InChI is InChI=1S/C9H15ClN2S/c1-8-11-9(7-13-8)6-12(2)5-3-4-10/h7H,3-6H2,1-2H3. The van der Waals surface area contributed by atoms with Crippen LogP contribution in [0.1, 0.15) is 17.1 Å². The predicted octanol–water partition coefficient (Wildman–Crippen LogP) is 2.51. The fourth-order valence-electron chi connectivity index (χ4n) is 1.17. The second-order valence-corrected chi connectivity index (χ2v) is 4.58. The molecular weight excluding hydrogens is 204 g/mol. The number of alkyl halides is 1. The molecule has 0 aliphatic carbocycles. The molecule has 13 heavy (non-hydrogen) atoms. The van der Waals surface area contributed by atoms with Gasteiger partial charge in [-0.15, -0.1) is 22.9 Å². The van der Waals surface area contributed by atoms with Crippen molar-refractivity contribution in [2.24, 2.45) is 0 Å². The molecule has 0 saturated heterocycles. The predicted molar refractivity (Wildman–Crippen MR) is 58.5 cm³/mol. The maximum Gasteiger partial charge on any atom is 0.0897 e. The Hall–Kier alpha value is -0.120. The Morgan fingerprint density at radius 1 is 1.62 bits per heavy atom. The third-order valence-corrected chi connectivity index (χ3v) is 2.86. The summed E-state index contributed by atoms with van der Waals surface area (Å²) in [6.07, 6.45) is 1.04. The van der Waals surface area contributed by atoms with Crippen LogP contribution in [0.15, 0.2) is 5.38 Å². The minimum atomic E-state index is 0.737. The highest BCUT2D eigenvalue weighted by atomic mass is 35.5. The molecule has 0 amide bonds. The van der Waals surface area contributed by atoms with Crippen LogP contribution in [0.3, 0.4) is 0 Å². The zero-order valence-corrected chi connectivity index (χ0v) is 9.66. The quantitative estimate of drug-likeness (QED) is 0.707. The Morgan fingerprint density at radius 2 is 2.38 bits per heavy atom. The molecule has 1 aromatic heterocycles. The number of aryl methyl sites for hydroxylation is 1. The van der Waals surface area contributed by atoms with Gasteiger partial charge in [0.25, 0.3) is 0 Å². The molecule has 0 saturated carbocycles. The molecule has 0 unspecified atom stereocenters. The molecule has 0 atom stereocenters. The zero-order valence-electron chi connectivity index (χ0n) is 8.09. The van der Waals surface area contributed by atoms with Gasteiger partial charge in [-0.3, -0.25) is 0 Å². The third kappa shape index (κ3) is 4.07. The lowest BCUT2D eigenvalue weighted by atomic mass is 10.4. The van der Waals surface area contributed by atoms with Gasteiger partial charge in [-0.2, -0.15) is 0 Å². The minimum absolute atomic E-state index is 0.737. The van der Waals surface area contributed by atoms with Crippen LogP contribution in [0, 0.1) is 6.92 Å². The summed E-state index contributed by atoms with van der Waals surface area (Å²) < 4.78 is 0. The van der Waals surface area contributed by atoms with E-state index in [1.54, 1.807) is 11.3 Å². The molecule has 0 aliphatic rings. The number of halogens is 1. The summed E-state index contributed by atoms with van der Waals surface area (Å²) in [4.78, 5) is 6.65. The first kappa shape index (κ1) is 11.0. The Labute approximate surface area is 88.5 Å². The molecular formula is C9H15ClN2S. The van der Waals surface area contributed by atoms with Crippen LogP contribution >= 0.6 is 22.9 Å². The van der Waals surface area contributed by atoms with Crippen molar-refractivity contribution in [3.63, 3.8) is 0 Å². The average Bonchev–Trinajstić information content (AvgIpc) is 2.48. The molecule has 0 spiro atoms. The first-order chi connectivity index (χ1) is 6.22. The van der Waals surface area contributed by atoms with E-state index in [0.717, 1.165) is 30.4 Å². The largest absolute Gasteiger partial charge is 0.300 e. The summed E-state index contributed by atoms with van der Waals surface area (Å²) in [6, 6.07) is 0. The van der Waals surface area contributed by atoms with Crippen LogP contribution in [0.5, 0.6) is 0 Å². The highest BCUT2D eigenvalue weighted by Crippen LogP contribution is 2.09. The molecule has 4 heteroatoms. The normalized spacial score (nSPS) is 11.1. The fourth-order valence-corrected chi connectivity index (χ4v) is 1.89. The van der Waals surface area contributed by atoms with E-state index in [1.807, 2.05) is 6.92 Å². The lowest BCUT2D eigenvalue weighted by Crippen LogP contribution is -2.19. The summed E-state index contributed by atoms with van der Waals surface area (Å²) in [5.74, 6) is 0.737. The second-order valence-electron chi connectivity index (χ2n) is 3.14. The summed E-state index contributed by atoms with van der Waals surface area (Å²) in [7, 11) is 2.10. The first-order valence-corrected chi connectivity index (χ1v) is 5.79. The molecule has 0 aliphatic heterocycles. The van der Waals surface area contributed by atoms with E-state index in [1.165, 1.54) is 5.69 Å². The lowest BCUT2D eigenvalue weighted by molar-refractivity contribution is 0.325. The third-order valence-electron chi connectivity index (χ3n) is 1.77. The van der Waals surface area contributed by atoms with Crippen LogP contribution < -0.4 is 0 Å². The molecule has 0 fully saturated rings.